The van der Waals surface area contributed by atoms with Crippen LogP contribution in [0.3, 0.4) is 0 Å². The molecule has 2 aromatic carbocycles. The van der Waals surface area contributed by atoms with Crippen LogP contribution >= 0.6 is 0 Å². The number of benzene rings is 2. The number of hydrogen-bond acceptors (Lipinski definition) is 6. The Hall–Kier alpha value is -3.48. The number of nitrogens with zero attached hydrogens (tertiary/aromatic N) is 3. The molecule has 7 nitrogen and oxygen atoms in total. The highest BCUT2D eigenvalue weighted by atomic mass is 16.6. The van der Waals surface area contributed by atoms with Crippen molar-refractivity contribution in [2.24, 2.45) is 5.10 Å². The number of rotatable bonds is 4. The monoisotopic (exact) mass is 308 g/mol. The van der Waals surface area contributed by atoms with E-state index >= 15 is 0 Å². The second-order valence-electron chi connectivity index (χ2n) is 4.76. The number of non-ortho nitro benzene ring substituents is 1. The predicted octanol–water partition coefficient (Wildman–Crippen LogP) is 3.29. The predicted molar refractivity (Wildman–Crippen MR) is 87.7 cm³/mol. The summed E-state index contributed by atoms with van der Waals surface area (Å²) in [6.07, 6.45) is 1.30. The summed E-state index contributed by atoms with van der Waals surface area (Å²) in [5, 5.41) is 25.4. The first kappa shape index (κ1) is 14.5. The van der Waals surface area contributed by atoms with Crippen molar-refractivity contribution >= 4 is 28.6 Å². The molecular formula is C16H12N4O3. The van der Waals surface area contributed by atoms with Crippen LogP contribution in [-0.2, 0) is 0 Å². The number of aromatic nitrogens is 1. The molecule has 3 aromatic rings. The van der Waals surface area contributed by atoms with E-state index in [1.165, 1.54) is 24.4 Å². The Bertz CT molecular complexity index is 909. The fourth-order valence-electron chi connectivity index (χ4n) is 2.06. The number of fused-ring (bicyclic) bond motifs is 1. The molecule has 0 saturated heterocycles. The van der Waals surface area contributed by atoms with Gasteiger partial charge in [-0.1, -0.05) is 18.2 Å². The van der Waals surface area contributed by atoms with Crippen LogP contribution < -0.4 is 5.43 Å². The lowest BCUT2D eigenvalue weighted by Gasteiger charge is -2.02. The molecule has 0 fully saturated rings. The van der Waals surface area contributed by atoms with Gasteiger partial charge in [0.15, 0.2) is 0 Å². The average Bonchev–Trinajstić information content (AvgIpc) is 2.56. The highest BCUT2D eigenvalue weighted by Crippen LogP contribution is 2.21. The van der Waals surface area contributed by atoms with Crippen LogP contribution in [0.4, 0.5) is 11.5 Å². The minimum absolute atomic E-state index is 0.0902. The minimum atomic E-state index is -0.533. The number of nitro groups is 1. The van der Waals surface area contributed by atoms with Gasteiger partial charge in [-0.3, -0.25) is 15.5 Å². The molecule has 23 heavy (non-hydrogen) atoms. The van der Waals surface area contributed by atoms with Gasteiger partial charge in [0.2, 0.25) is 0 Å². The fraction of sp³-hybridized carbons (Fsp3) is 0. The lowest BCUT2D eigenvalue weighted by molar-refractivity contribution is -0.384. The second-order valence-corrected chi connectivity index (χ2v) is 4.76. The highest BCUT2D eigenvalue weighted by Gasteiger charge is 2.08. The van der Waals surface area contributed by atoms with Gasteiger partial charge in [-0.05, 0) is 24.3 Å². The topological polar surface area (TPSA) is 101 Å². The molecule has 0 saturated carbocycles. The van der Waals surface area contributed by atoms with E-state index in [1.807, 2.05) is 30.3 Å². The molecule has 114 valence electrons. The number of anilines is 1. The first-order valence-corrected chi connectivity index (χ1v) is 6.76. The molecule has 0 aliphatic rings. The molecule has 3 rings (SSSR count). The normalized spacial score (nSPS) is 11.0. The molecule has 0 spiro atoms. The van der Waals surface area contributed by atoms with E-state index < -0.39 is 4.92 Å². The molecular weight excluding hydrogens is 296 g/mol. The van der Waals surface area contributed by atoms with Gasteiger partial charge in [0, 0.05) is 23.1 Å². The molecule has 0 atom stereocenters. The van der Waals surface area contributed by atoms with Gasteiger partial charge in [-0.2, -0.15) is 5.10 Å². The van der Waals surface area contributed by atoms with E-state index in [1.54, 1.807) is 6.07 Å². The number of nitrogens with one attached hydrogen (secondary N) is 1. The summed E-state index contributed by atoms with van der Waals surface area (Å²) in [7, 11) is 0. The largest absolute Gasteiger partial charge is 0.507 e. The van der Waals surface area contributed by atoms with E-state index in [0.29, 0.717) is 5.82 Å². The van der Waals surface area contributed by atoms with Crippen molar-refractivity contribution < 1.29 is 10.0 Å². The summed E-state index contributed by atoms with van der Waals surface area (Å²) in [4.78, 5) is 14.6. The van der Waals surface area contributed by atoms with Crippen LogP contribution in [0.5, 0.6) is 5.75 Å². The van der Waals surface area contributed by atoms with Gasteiger partial charge in [0.1, 0.15) is 11.6 Å². The molecule has 0 unspecified atom stereocenters. The average molecular weight is 308 g/mol. The van der Waals surface area contributed by atoms with Crippen molar-refractivity contribution in [3.05, 3.63) is 70.3 Å². The van der Waals surface area contributed by atoms with Gasteiger partial charge in [0.25, 0.3) is 5.69 Å². The number of phenolic OH excluding ortho intramolecular Hbond substituents is 1. The number of aromatic hydroxyl groups is 1. The van der Waals surface area contributed by atoms with E-state index in [-0.39, 0.29) is 17.0 Å². The molecule has 0 aliphatic heterocycles. The Labute approximate surface area is 131 Å². The fourth-order valence-corrected chi connectivity index (χ4v) is 2.06. The Kier molecular flexibility index (Phi) is 3.84. The Morgan fingerprint density at radius 3 is 2.83 bits per heavy atom. The van der Waals surface area contributed by atoms with Crippen molar-refractivity contribution in [3.63, 3.8) is 0 Å². The van der Waals surface area contributed by atoms with Crippen LogP contribution in [0.15, 0.2) is 59.7 Å². The van der Waals surface area contributed by atoms with E-state index in [4.69, 9.17) is 0 Å². The van der Waals surface area contributed by atoms with E-state index in [9.17, 15) is 15.2 Å². The smallest absolute Gasteiger partial charge is 0.270 e. The number of hydrogen-bond donors (Lipinski definition) is 2. The molecule has 0 aliphatic carbocycles. The molecule has 1 heterocycles. The molecule has 0 radical (unpaired) electrons. The SMILES string of the molecule is O=[N+]([O-])c1ccc(O)c(/C=N/Nc2ccc3ccccc3n2)c1. The van der Waals surface area contributed by atoms with Crippen LogP contribution in [0, 0.1) is 10.1 Å². The minimum Gasteiger partial charge on any atom is -0.507 e. The third-order valence-electron chi connectivity index (χ3n) is 3.20. The van der Waals surface area contributed by atoms with Gasteiger partial charge in [-0.15, -0.1) is 0 Å². The maximum absolute atomic E-state index is 10.7. The highest BCUT2D eigenvalue weighted by molar-refractivity contribution is 5.85. The van der Waals surface area contributed by atoms with Gasteiger partial charge >= 0.3 is 0 Å². The zero-order chi connectivity index (χ0) is 16.2. The lowest BCUT2D eigenvalue weighted by atomic mass is 10.2. The summed E-state index contributed by atoms with van der Waals surface area (Å²) in [5.74, 6) is 0.442. The van der Waals surface area contributed by atoms with Gasteiger partial charge in [0.05, 0.1) is 16.7 Å². The zero-order valence-corrected chi connectivity index (χ0v) is 11.9. The zero-order valence-electron chi connectivity index (χ0n) is 11.9. The first-order valence-electron chi connectivity index (χ1n) is 6.76. The first-order chi connectivity index (χ1) is 11.1. The maximum Gasteiger partial charge on any atom is 0.270 e. The van der Waals surface area contributed by atoms with Crippen LogP contribution in [-0.4, -0.2) is 21.2 Å². The Morgan fingerprint density at radius 2 is 2.00 bits per heavy atom. The summed E-state index contributed by atoms with van der Waals surface area (Å²) >= 11 is 0. The summed E-state index contributed by atoms with van der Waals surface area (Å²) in [6.45, 7) is 0. The Balaban J connectivity index is 1.80. The van der Waals surface area contributed by atoms with Crippen molar-refractivity contribution in [1.29, 1.82) is 0 Å². The number of hydrazone groups is 1. The molecule has 0 amide bonds. The standard InChI is InChI=1S/C16H12N4O3/c21-15-7-6-13(20(22)23)9-12(15)10-17-19-16-8-5-11-3-1-2-4-14(11)18-16/h1-10,21H,(H,18,19)/b17-10+. The van der Waals surface area contributed by atoms with E-state index in [0.717, 1.165) is 10.9 Å². The third-order valence-corrected chi connectivity index (χ3v) is 3.20. The van der Waals surface area contributed by atoms with Crippen LogP contribution in [0.25, 0.3) is 10.9 Å². The quantitative estimate of drug-likeness (QED) is 0.437. The third kappa shape index (κ3) is 3.24. The number of pyridine rings is 1. The number of para-hydroxylation sites is 1. The van der Waals surface area contributed by atoms with Gasteiger partial charge < -0.3 is 5.11 Å². The maximum atomic E-state index is 10.7. The summed E-state index contributed by atoms with van der Waals surface area (Å²) < 4.78 is 0. The number of phenols is 1. The lowest BCUT2D eigenvalue weighted by Crippen LogP contribution is -1.95. The second kappa shape index (κ2) is 6.10. The van der Waals surface area contributed by atoms with Gasteiger partial charge in [-0.25, -0.2) is 4.98 Å². The molecule has 2 N–H and O–H groups in total. The Morgan fingerprint density at radius 1 is 1.17 bits per heavy atom. The summed E-state index contributed by atoms with van der Waals surface area (Å²) in [5.41, 5.74) is 3.69. The summed E-state index contributed by atoms with van der Waals surface area (Å²) in [6, 6.07) is 15.1. The molecule has 7 heteroatoms. The van der Waals surface area contributed by atoms with Crippen molar-refractivity contribution in [2.45, 2.75) is 0 Å². The van der Waals surface area contributed by atoms with Crippen LogP contribution in [0.2, 0.25) is 0 Å². The molecule has 0 bridgehead atoms. The van der Waals surface area contributed by atoms with Crippen molar-refractivity contribution in [1.82, 2.24) is 4.98 Å². The van der Waals surface area contributed by atoms with Crippen molar-refractivity contribution in [3.8, 4) is 5.75 Å². The van der Waals surface area contributed by atoms with Crippen molar-refractivity contribution in [2.75, 3.05) is 5.43 Å². The number of nitro benzene ring substituents is 1. The van der Waals surface area contributed by atoms with Crippen LogP contribution in [0.1, 0.15) is 5.56 Å². The van der Waals surface area contributed by atoms with E-state index in [2.05, 4.69) is 15.5 Å². The molecule has 1 aromatic heterocycles.